The third-order valence-electron chi connectivity index (χ3n) is 4.06. The van der Waals surface area contributed by atoms with E-state index in [4.69, 9.17) is 10.00 Å². The maximum absolute atomic E-state index is 8.81. The minimum absolute atomic E-state index is 0.676. The van der Waals surface area contributed by atoms with E-state index in [1.54, 1.807) is 13.4 Å². The van der Waals surface area contributed by atoms with E-state index in [9.17, 15) is 0 Å². The van der Waals surface area contributed by atoms with Crippen LogP contribution in [-0.2, 0) is 4.74 Å². The second-order valence-corrected chi connectivity index (χ2v) is 5.29. The zero-order valence-corrected chi connectivity index (χ0v) is 11.5. The summed E-state index contributed by atoms with van der Waals surface area (Å²) >= 11 is 0. The maximum atomic E-state index is 8.81. The first-order valence-corrected chi connectivity index (χ1v) is 7.01. The van der Waals surface area contributed by atoms with E-state index in [0.29, 0.717) is 5.92 Å². The first-order chi connectivity index (χ1) is 9.33. The molecule has 0 radical (unpaired) electrons. The predicted molar refractivity (Wildman–Crippen MR) is 76.6 cm³/mol. The van der Waals surface area contributed by atoms with E-state index in [-0.39, 0.29) is 0 Å². The van der Waals surface area contributed by atoms with Gasteiger partial charge in [-0.2, -0.15) is 5.26 Å². The van der Waals surface area contributed by atoms with Crippen molar-refractivity contribution >= 4 is 0 Å². The quantitative estimate of drug-likeness (QED) is 0.748. The Morgan fingerprint density at radius 3 is 2.47 bits per heavy atom. The molecule has 100 valence electrons. The molecule has 1 aliphatic rings. The molecule has 0 amide bonds. The number of nitrogens with zero attached hydrogens (tertiary/aromatic N) is 1. The molecular weight excluding hydrogens is 234 g/mol. The van der Waals surface area contributed by atoms with Gasteiger partial charge >= 0.3 is 0 Å². The van der Waals surface area contributed by atoms with Gasteiger partial charge in [0.1, 0.15) is 0 Å². The smallest absolute Gasteiger partial charge is 0.0991 e. The number of ether oxygens (including phenoxy) is 1. The lowest BCUT2D eigenvalue weighted by Crippen LogP contribution is -2.12. The normalized spacial score (nSPS) is 23.2. The first-order valence-electron chi connectivity index (χ1n) is 7.01. The Kier molecular flexibility index (Phi) is 5.03. The molecule has 0 bridgehead atoms. The topological polar surface area (TPSA) is 33.0 Å². The number of allylic oxidation sites excluding steroid dienone is 1. The molecule has 0 aromatic heterocycles. The van der Waals surface area contributed by atoms with Crippen LogP contribution >= 0.6 is 0 Å². The number of hydrogen-bond donors (Lipinski definition) is 0. The summed E-state index contributed by atoms with van der Waals surface area (Å²) in [5, 5.41) is 8.81. The molecule has 1 fully saturated rings. The van der Waals surface area contributed by atoms with Crippen molar-refractivity contribution in [2.75, 3.05) is 7.11 Å². The summed E-state index contributed by atoms with van der Waals surface area (Å²) in [6.45, 7) is 0. The Hall–Kier alpha value is -1.75. The molecule has 1 aromatic rings. The number of rotatable bonds is 4. The Morgan fingerprint density at radius 1 is 1.21 bits per heavy atom. The molecule has 0 aliphatic heterocycles. The van der Waals surface area contributed by atoms with Crippen molar-refractivity contribution in [2.45, 2.75) is 38.0 Å². The van der Waals surface area contributed by atoms with Crippen molar-refractivity contribution < 1.29 is 4.74 Å². The first kappa shape index (κ1) is 13.7. The molecule has 0 spiro atoms. The lowest BCUT2D eigenvalue weighted by atomic mass is 9.77. The highest BCUT2D eigenvalue weighted by atomic mass is 16.5. The van der Waals surface area contributed by atoms with E-state index in [0.717, 1.165) is 17.9 Å². The van der Waals surface area contributed by atoms with Gasteiger partial charge in [-0.3, -0.25) is 0 Å². The zero-order valence-electron chi connectivity index (χ0n) is 11.5. The fourth-order valence-corrected chi connectivity index (χ4v) is 2.91. The molecule has 0 heterocycles. The summed E-state index contributed by atoms with van der Waals surface area (Å²) in [4.78, 5) is 0. The Labute approximate surface area is 115 Å². The lowest BCUT2D eigenvalue weighted by molar-refractivity contribution is 0.315. The van der Waals surface area contributed by atoms with Gasteiger partial charge < -0.3 is 4.74 Å². The van der Waals surface area contributed by atoms with Gasteiger partial charge in [0.2, 0.25) is 0 Å². The van der Waals surface area contributed by atoms with Crippen LogP contribution in [0, 0.1) is 17.2 Å². The van der Waals surface area contributed by atoms with Crippen LogP contribution in [0.3, 0.4) is 0 Å². The number of methoxy groups -OCH3 is 1. The van der Waals surface area contributed by atoms with Gasteiger partial charge in [0.25, 0.3) is 0 Å². The van der Waals surface area contributed by atoms with Crippen molar-refractivity contribution in [1.82, 2.24) is 0 Å². The summed E-state index contributed by atoms with van der Waals surface area (Å²) in [6.07, 6.45) is 10.2. The van der Waals surface area contributed by atoms with Crippen molar-refractivity contribution in [3.05, 3.63) is 47.7 Å². The third kappa shape index (κ3) is 3.86. The molecule has 2 rings (SSSR count). The molecular formula is C17H21NO. The zero-order chi connectivity index (χ0) is 13.5. The fourth-order valence-electron chi connectivity index (χ4n) is 2.91. The predicted octanol–water partition coefficient (Wildman–Crippen LogP) is 4.38. The second kappa shape index (κ2) is 6.99. The third-order valence-corrected chi connectivity index (χ3v) is 4.06. The van der Waals surface area contributed by atoms with E-state index in [2.05, 4.69) is 24.3 Å². The Bertz CT molecular complexity index is 447. The van der Waals surface area contributed by atoms with Crippen molar-refractivity contribution in [2.24, 2.45) is 5.92 Å². The number of nitriles is 1. The molecule has 2 heteroatoms. The summed E-state index contributed by atoms with van der Waals surface area (Å²) in [6, 6.07) is 10.3. The lowest BCUT2D eigenvalue weighted by Gasteiger charge is -2.28. The molecule has 1 aliphatic carbocycles. The Balaban J connectivity index is 1.85. The molecule has 0 unspecified atom stereocenters. The van der Waals surface area contributed by atoms with Crippen LogP contribution in [0.1, 0.15) is 49.1 Å². The number of benzene rings is 1. The number of hydrogen-bond acceptors (Lipinski definition) is 2. The maximum Gasteiger partial charge on any atom is 0.0991 e. The second-order valence-electron chi connectivity index (χ2n) is 5.29. The van der Waals surface area contributed by atoms with Gasteiger partial charge in [-0.25, -0.2) is 0 Å². The molecule has 0 saturated heterocycles. The van der Waals surface area contributed by atoms with Crippen LogP contribution < -0.4 is 0 Å². The molecule has 2 nitrogen and oxygen atoms in total. The SMILES string of the molecule is COC=CCC1CCC(c2ccc(C#N)cc2)CC1. The van der Waals surface area contributed by atoms with Crippen molar-refractivity contribution in [1.29, 1.82) is 5.26 Å². The molecule has 19 heavy (non-hydrogen) atoms. The average Bonchev–Trinajstić information content (AvgIpc) is 2.48. The summed E-state index contributed by atoms with van der Waals surface area (Å²) in [5.74, 6) is 1.48. The molecule has 1 aromatic carbocycles. The highest BCUT2D eigenvalue weighted by Gasteiger charge is 2.21. The van der Waals surface area contributed by atoms with Crippen molar-refractivity contribution in [3.63, 3.8) is 0 Å². The van der Waals surface area contributed by atoms with Gasteiger partial charge in [0, 0.05) is 0 Å². The highest BCUT2D eigenvalue weighted by molar-refractivity contribution is 5.33. The van der Waals surface area contributed by atoms with E-state index < -0.39 is 0 Å². The molecule has 1 saturated carbocycles. The highest BCUT2D eigenvalue weighted by Crippen LogP contribution is 2.37. The van der Waals surface area contributed by atoms with E-state index >= 15 is 0 Å². The summed E-state index contributed by atoms with van der Waals surface area (Å²) in [5.41, 5.74) is 2.15. The van der Waals surface area contributed by atoms with Crippen LogP contribution in [0.25, 0.3) is 0 Å². The van der Waals surface area contributed by atoms with Gasteiger partial charge in [0.05, 0.1) is 25.0 Å². The van der Waals surface area contributed by atoms with Crippen LogP contribution in [0.15, 0.2) is 36.6 Å². The van der Waals surface area contributed by atoms with Gasteiger partial charge in [0.15, 0.2) is 0 Å². The van der Waals surface area contributed by atoms with E-state index in [1.165, 1.54) is 31.2 Å². The largest absolute Gasteiger partial charge is 0.505 e. The fraction of sp³-hybridized carbons (Fsp3) is 0.471. The Morgan fingerprint density at radius 2 is 1.89 bits per heavy atom. The minimum Gasteiger partial charge on any atom is -0.505 e. The molecule has 0 N–H and O–H groups in total. The standard InChI is InChI=1S/C17H21NO/c1-19-12-2-3-14-4-8-16(9-5-14)17-10-6-15(13-18)7-11-17/h2,6-7,10-12,14,16H,3-5,8-9H2,1H3. The van der Waals surface area contributed by atoms with Crippen LogP contribution in [0.2, 0.25) is 0 Å². The van der Waals surface area contributed by atoms with Gasteiger partial charge in [-0.1, -0.05) is 12.1 Å². The van der Waals surface area contributed by atoms with E-state index in [1.807, 2.05) is 12.1 Å². The van der Waals surface area contributed by atoms with Crippen molar-refractivity contribution in [3.8, 4) is 6.07 Å². The molecule has 0 atom stereocenters. The van der Waals surface area contributed by atoms with Crippen LogP contribution in [0.5, 0.6) is 0 Å². The average molecular weight is 255 g/mol. The summed E-state index contributed by atoms with van der Waals surface area (Å²) < 4.78 is 4.94. The van der Waals surface area contributed by atoms with Gasteiger partial charge in [-0.15, -0.1) is 0 Å². The summed E-state index contributed by atoms with van der Waals surface area (Å²) in [7, 11) is 1.69. The van der Waals surface area contributed by atoms with Crippen LogP contribution in [-0.4, -0.2) is 7.11 Å². The monoisotopic (exact) mass is 255 g/mol. The minimum atomic E-state index is 0.676. The van der Waals surface area contributed by atoms with Crippen LogP contribution in [0.4, 0.5) is 0 Å². The van der Waals surface area contributed by atoms with Gasteiger partial charge in [-0.05, 0) is 67.7 Å².